The van der Waals surface area contributed by atoms with Crippen LogP contribution >= 0.6 is 0 Å². The Balaban J connectivity index is 2.11. The first-order valence-corrected chi connectivity index (χ1v) is 4.36. The monoisotopic (exact) mass is 176 g/mol. The van der Waals surface area contributed by atoms with Crippen LogP contribution in [-0.4, -0.2) is 24.5 Å². The number of furan rings is 1. The molecule has 68 valence electrons. The Kier molecular flexibility index (Phi) is 2.35. The van der Waals surface area contributed by atoms with Crippen molar-refractivity contribution < 1.29 is 4.42 Å². The van der Waals surface area contributed by atoms with Crippen molar-refractivity contribution in [3.63, 3.8) is 0 Å². The van der Waals surface area contributed by atoms with Crippen molar-refractivity contribution >= 4 is 0 Å². The van der Waals surface area contributed by atoms with E-state index in [0.717, 1.165) is 18.8 Å². The summed E-state index contributed by atoms with van der Waals surface area (Å²) in [5.41, 5.74) is 0. The van der Waals surface area contributed by atoms with E-state index < -0.39 is 0 Å². The maximum absolute atomic E-state index is 5.32. The summed E-state index contributed by atoms with van der Waals surface area (Å²) in [5.74, 6) is 3.58. The van der Waals surface area contributed by atoms with Gasteiger partial charge in [-0.3, -0.25) is 10.2 Å². The first-order chi connectivity index (χ1) is 6.42. The van der Waals surface area contributed by atoms with E-state index in [4.69, 9.17) is 10.8 Å². The first-order valence-electron chi connectivity index (χ1n) is 4.36. The molecule has 0 aliphatic carbocycles. The minimum Gasteiger partial charge on any atom is -0.466 e. The van der Waals surface area contributed by atoms with Crippen molar-refractivity contribution in [3.8, 4) is 12.3 Å². The number of nitrogens with zero attached hydrogens (tertiary/aromatic N) is 1. The fourth-order valence-corrected chi connectivity index (χ4v) is 1.62. The lowest BCUT2D eigenvalue weighted by molar-refractivity contribution is 0.240. The van der Waals surface area contributed by atoms with E-state index in [-0.39, 0.29) is 6.17 Å². The minimum atomic E-state index is 0.158. The first kappa shape index (κ1) is 8.36. The number of hydrogen-bond donors (Lipinski definition) is 1. The third-order valence-corrected chi connectivity index (χ3v) is 2.21. The van der Waals surface area contributed by atoms with Gasteiger partial charge in [-0.05, 0) is 12.1 Å². The Morgan fingerprint density at radius 3 is 3.38 bits per heavy atom. The van der Waals surface area contributed by atoms with Gasteiger partial charge < -0.3 is 4.42 Å². The van der Waals surface area contributed by atoms with E-state index in [0.29, 0.717) is 6.54 Å². The van der Waals surface area contributed by atoms with Gasteiger partial charge in [-0.2, -0.15) is 0 Å². The van der Waals surface area contributed by atoms with Crippen LogP contribution in [-0.2, 0) is 0 Å². The van der Waals surface area contributed by atoms with Gasteiger partial charge >= 0.3 is 0 Å². The minimum absolute atomic E-state index is 0.158. The second-order valence-corrected chi connectivity index (χ2v) is 3.05. The van der Waals surface area contributed by atoms with Gasteiger partial charge in [0, 0.05) is 13.1 Å². The lowest BCUT2D eigenvalue weighted by atomic mass is 10.3. The zero-order valence-electron chi connectivity index (χ0n) is 7.36. The van der Waals surface area contributed by atoms with Gasteiger partial charge in [0.05, 0.1) is 12.8 Å². The molecule has 3 heteroatoms. The molecule has 1 aliphatic heterocycles. The molecule has 1 aliphatic rings. The molecule has 1 atom stereocenters. The lowest BCUT2D eigenvalue weighted by Crippen LogP contribution is -2.27. The van der Waals surface area contributed by atoms with Crippen LogP contribution in [0, 0.1) is 12.3 Å². The summed E-state index contributed by atoms with van der Waals surface area (Å²) >= 11 is 0. The van der Waals surface area contributed by atoms with Gasteiger partial charge in [-0.15, -0.1) is 6.42 Å². The Hall–Kier alpha value is -1.24. The number of hydrogen-bond acceptors (Lipinski definition) is 3. The van der Waals surface area contributed by atoms with Crippen molar-refractivity contribution in [2.24, 2.45) is 0 Å². The molecule has 1 N–H and O–H groups in total. The molecule has 1 aromatic rings. The van der Waals surface area contributed by atoms with Crippen LogP contribution in [0.4, 0.5) is 0 Å². The summed E-state index contributed by atoms with van der Waals surface area (Å²) in [7, 11) is 0. The van der Waals surface area contributed by atoms with Gasteiger partial charge in [0.1, 0.15) is 11.9 Å². The van der Waals surface area contributed by atoms with E-state index in [9.17, 15) is 0 Å². The predicted octanol–water partition coefficient (Wildman–Crippen LogP) is 0.817. The van der Waals surface area contributed by atoms with Crippen molar-refractivity contribution in [2.45, 2.75) is 6.17 Å². The zero-order valence-corrected chi connectivity index (χ0v) is 7.36. The van der Waals surface area contributed by atoms with Crippen LogP contribution in [0.25, 0.3) is 0 Å². The van der Waals surface area contributed by atoms with Crippen molar-refractivity contribution in [3.05, 3.63) is 24.2 Å². The van der Waals surface area contributed by atoms with E-state index >= 15 is 0 Å². The molecule has 0 radical (unpaired) electrons. The van der Waals surface area contributed by atoms with Crippen LogP contribution in [0.15, 0.2) is 22.8 Å². The van der Waals surface area contributed by atoms with E-state index in [1.54, 1.807) is 6.26 Å². The van der Waals surface area contributed by atoms with Crippen molar-refractivity contribution in [2.75, 3.05) is 19.6 Å². The largest absolute Gasteiger partial charge is 0.466 e. The molecule has 0 aromatic carbocycles. The zero-order chi connectivity index (χ0) is 9.10. The smallest absolute Gasteiger partial charge is 0.135 e. The molecule has 2 rings (SSSR count). The van der Waals surface area contributed by atoms with E-state index in [1.807, 2.05) is 12.1 Å². The van der Waals surface area contributed by atoms with Crippen LogP contribution in [0.3, 0.4) is 0 Å². The summed E-state index contributed by atoms with van der Waals surface area (Å²) in [6.07, 6.45) is 7.12. The molecular formula is C10H12N2O. The summed E-state index contributed by atoms with van der Waals surface area (Å²) in [6, 6.07) is 3.86. The molecule has 0 saturated carbocycles. The maximum atomic E-state index is 5.32. The highest BCUT2D eigenvalue weighted by Gasteiger charge is 2.26. The molecule has 1 saturated heterocycles. The summed E-state index contributed by atoms with van der Waals surface area (Å²) in [4.78, 5) is 2.18. The van der Waals surface area contributed by atoms with Crippen LogP contribution < -0.4 is 5.32 Å². The van der Waals surface area contributed by atoms with Crippen LogP contribution in [0.1, 0.15) is 11.9 Å². The highest BCUT2D eigenvalue weighted by Crippen LogP contribution is 2.20. The fraction of sp³-hybridized carbons (Fsp3) is 0.400. The molecule has 2 heterocycles. The number of terminal acetylenes is 1. The van der Waals surface area contributed by atoms with Gasteiger partial charge in [-0.25, -0.2) is 0 Å². The van der Waals surface area contributed by atoms with Gasteiger partial charge in [0.2, 0.25) is 0 Å². The van der Waals surface area contributed by atoms with Gasteiger partial charge in [-0.1, -0.05) is 5.92 Å². The van der Waals surface area contributed by atoms with E-state index in [2.05, 4.69) is 16.1 Å². The molecule has 0 bridgehead atoms. The number of rotatable bonds is 2. The topological polar surface area (TPSA) is 28.4 Å². The second-order valence-electron chi connectivity index (χ2n) is 3.05. The number of nitrogens with one attached hydrogen (secondary N) is 1. The standard InChI is InChI=1S/C10H12N2O/c1-2-6-12-7-5-11-10(12)9-4-3-8-13-9/h1,3-4,8,10-11H,5-7H2. The molecule has 3 nitrogen and oxygen atoms in total. The Morgan fingerprint density at radius 2 is 2.69 bits per heavy atom. The highest BCUT2D eigenvalue weighted by molar-refractivity contribution is 5.07. The quantitative estimate of drug-likeness (QED) is 0.676. The Labute approximate surface area is 77.7 Å². The van der Waals surface area contributed by atoms with Gasteiger partial charge in [0.15, 0.2) is 0 Å². The lowest BCUT2D eigenvalue weighted by Gasteiger charge is -2.19. The van der Waals surface area contributed by atoms with Crippen LogP contribution in [0.5, 0.6) is 0 Å². The SMILES string of the molecule is C#CCN1CCNC1c1ccco1. The third-order valence-electron chi connectivity index (χ3n) is 2.21. The molecule has 1 fully saturated rings. The third kappa shape index (κ3) is 1.59. The molecule has 13 heavy (non-hydrogen) atoms. The van der Waals surface area contributed by atoms with Crippen molar-refractivity contribution in [1.82, 2.24) is 10.2 Å². The Morgan fingerprint density at radius 1 is 1.77 bits per heavy atom. The maximum Gasteiger partial charge on any atom is 0.135 e. The Bertz CT molecular complexity index is 299. The average molecular weight is 176 g/mol. The summed E-state index contributed by atoms with van der Waals surface area (Å²) in [5, 5.41) is 3.33. The van der Waals surface area contributed by atoms with E-state index in [1.165, 1.54) is 0 Å². The molecular weight excluding hydrogens is 164 g/mol. The molecule has 0 amide bonds. The van der Waals surface area contributed by atoms with Crippen LogP contribution in [0.2, 0.25) is 0 Å². The second kappa shape index (κ2) is 3.65. The average Bonchev–Trinajstić information content (AvgIpc) is 2.71. The predicted molar refractivity (Wildman–Crippen MR) is 49.9 cm³/mol. The van der Waals surface area contributed by atoms with Crippen molar-refractivity contribution in [1.29, 1.82) is 0 Å². The van der Waals surface area contributed by atoms with Gasteiger partial charge in [0.25, 0.3) is 0 Å². The molecule has 1 unspecified atom stereocenters. The highest BCUT2D eigenvalue weighted by atomic mass is 16.3. The molecule has 0 spiro atoms. The normalized spacial score (nSPS) is 23.2. The molecule has 1 aromatic heterocycles. The summed E-state index contributed by atoms with van der Waals surface area (Å²) < 4.78 is 5.32. The summed E-state index contributed by atoms with van der Waals surface area (Å²) in [6.45, 7) is 2.61. The fourth-order valence-electron chi connectivity index (χ4n) is 1.62.